The van der Waals surface area contributed by atoms with Gasteiger partial charge in [0.25, 0.3) is 11.6 Å². The van der Waals surface area contributed by atoms with Crippen molar-refractivity contribution in [2.75, 3.05) is 13.1 Å². The standard InChI is InChI=1S/C19H24N4O5/c1-19(14-7-9-15(10-8-14)23(27)28)17(25)22(18(26)21-19)12-4-11-20-16(24)13-5-2-3-6-13/h7-10,13H,2-6,11-12H2,1H3,(H,20,24)(H,21,26)/t19-/m0/s1. The quantitative estimate of drug-likeness (QED) is 0.320. The van der Waals surface area contributed by atoms with Gasteiger partial charge in [0.15, 0.2) is 0 Å². The van der Waals surface area contributed by atoms with Crippen molar-refractivity contribution in [2.45, 2.75) is 44.6 Å². The van der Waals surface area contributed by atoms with Crippen molar-refractivity contribution in [3.05, 3.63) is 39.9 Å². The highest BCUT2D eigenvalue weighted by molar-refractivity contribution is 6.07. The second-order valence-electron chi connectivity index (χ2n) is 7.44. The number of carbonyl (C=O) groups excluding carboxylic acids is 3. The Labute approximate surface area is 162 Å². The molecule has 28 heavy (non-hydrogen) atoms. The molecule has 9 heteroatoms. The molecule has 0 bridgehead atoms. The third-order valence-electron chi connectivity index (χ3n) is 5.51. The second-order valence-corrected chi connectivity index (χ2v) is 7.44. The van der Waals surface area contributed by atoms with Crippen molar-refractivity contribution in [3.8, 4) is 0 Å². The average molecular weight is 388 g/mol. The van der Waals surface area contributed by atoms with Crippen molar-refractivity contribution in [1.82, 2.24) is 15.5 Å². The number of hydrogen-bond donors (Lipinski definition) is 2. The molecule has 1 saturated heterocycles. The summed E-state index contributed by atoms with van der Waals surface area (Å²) >= 11 is 0. The van der Waals surface area contributed by atoms with Crippen LogP contribution in [0.2, 0.25) is 0 Å². The third-order valence-corrected chi connectivity index (χ3v) is 5.51. The summed E-state index contributed by atoms with van der Waals surface area (Å²) < 4.78 is 0. The predicted molar refractivity (Wildman–Crippen MR) is 100 cm³/mol. The Kier molecular flexibility index (Phi) is 5.62. The van der Waals surface area contributed by atoms with Gasteiger partial charge in [0.2, 0.25) is 5.91 Å². The fraction of sp³-hybridized carbons (Fsp3) is 0.526. The normalized spacial score (nSPS) is 22.4. The summed E-state index contributed by atoms with van der Waals surface area (Å²) in [5, 5.41) is 16.3. The molecule has 0 unspecified atom stereocenters. The van der Waals surface area contributed by atoms with Crippen LogP contribution in [-0.2, 0) is 15.1 Å². The van der Waals surface area contributed by atoms with Gasteiger partial charge in [0.1, 0.15) is 5.54 Å². The minimum atomic E-state index is -1.26. The number of nitrogens with one attached hydrogen (secondary N) is 2. The van der Waals surface area contributed by atoms with E-state index in [-0.39, 0.29) is 24.1 Å². The van der Waals surface area contributed by atoms with Crippen LogP contribution in [0.15, 0.2) is 24.3 Å². The van der Waals surface area contributed by atoms with Crippen molar-refractivity contribution >= 4 is 23.5 Å². The number of nitro groups is 1. The van der Waals surface area contributed by atoms with Gasteiger partial charge in [-0.3, -0.25) is 24.6 Å². The van der Waals surface area contributed by atoms with E-state index in [0.29, 0.717) is 18.5 Å². The van der Waals surface area contributed by atoms with Gasteiger partial charge in [0, 0.05) is 31.1 Å². The van der Waals surface area contributed by atoms with E-state index < -0.39 is 22.4 Å². The number of non-ortho nitro benzene ring substituents is 1. The molecule has 1 atom stereocenters. The summed E-state index contributed by atoms with van der Waals surface area (Å²) in [6, 6.07) is 5.05. The molecule has 150 valence electrons. The number of urea groups is 1. The summed E-state index contributed by atoms with van der Waals surface area (Å²) in [6.07, 6.45) is 4.48. The zero-order valence-electron chi connectivity index (χ0n) is 15.8. The molecule has 3 rings (SSSR count). The first-order valence-electron chi connectivity index (χ1n) is 9.49. The second kappa shape index (κ2) is 7.95. The lowest BCUT2D eigenvalue weighted by Gasteiger charge is -2.22. The number of carbonyl (C=O) groups is 3. The van der Waals surface area contributed by atoms with E-state index in [1.54, 1.807) is 6.92 Å². The zero-order chi connectivity index (χ0) is 20.3. The van der Waals surface area contributed by atoms with E-state index in [2.05, 4.69) is 10.6 Å². The molecule has 1 aliphatic carbocycles. The number of hydrogen-bond acceptors (Lipinski definition) is 5. The van der Waals surface area contributed by atoms with Crippen LogP contribution >= 0.6 is 0 Å². The Morgan fingerprint density at radius 3 is 2.54 bits per heavy atom. The first kappa shape index (κ1) is 19.8. The van der Waals surface area contributed by atoms with E-state index in [0.717, 1.165) is 30.6 Å². The summed E-state index contributed by atoms with van der Waals surface area (Å²) in [5.74, 6) is -0.277. The van der Waals surface area contributed by atoms with E-state index in [9.17, 15) is 24.5 Å². The van der Waals surface area contributed by atoms with Crippen molar-refractivity contribution < 1.29 is 19.3 Å². The summed E-state index contributed by atoms with van der Waals surface area (Å²) in [4.78, 5) is 48.5. The molecule has 2 aliphatic rings. The Hall–Kier alpha value is -2.97. The van der Waals surface area contributed by atoms with Crippen LogP contribution < -0.4 is 10.6 Å². The fourth-order valence-electron chi connectivity index (χ4n) is 3.79. The molecular weight excluding hydrogens is 364 g/mol. The van der Waals surface area contributed by atoms with Crippen LogP contribution in [-0.4, -0.2) is 40.8 Å². The molecule has 2 N–H and O–H groups in total. The Morgan fingerprint density at radius 2 is 1.93 bits per heavy atom. The van der Waals surface area contributed by atoms with Gasteiger partial charge < -0.3 is 10.6 Å². The molecule has 0 radical (unpaired) electrons. The largest absolute Gasteiger partial charge is 0.356 e. The maximum atomic E-state index is 12.8. The number of nitrogens with zero attached hydrogens (tertiary/aromatic N) is 2. The predicted octanol–water partition coefficient (Wildman–Crippen LogP) is 2.06. The number of rotatable bonds is 7. The van der Waals surface area contributed by atoms with E-state index in [1.165, 1.54) is 24.3 Å². The maximum Gasteiger partial charge on any atom is 0.325 e. The summed E-state index contributed by atoms with van der Waals surface area (Å²) in [5.41, 5.74) is -0.869. The topological polar surface area (TPSA) is 122 Å². The lowest BCUT2D eigenvalue weighted by atomic mass is 9.92. The van der Waals surface area contributed by atoms with Crippen molar-refractivity contribution in [2.24, 2.45) is 5.92 Å². The minimum Gasteiger partial charge on any atom is -0.356 e. The van der Waals surface area contributed by atoms with Gasteiger partial charge in [-0.25, -0.2) is 4.79 Å². The Bertz CT molecular complexity index is 788. The van der Waals surface area contributed by atoms with Gasteiger partial charge in [-0.2, -0.15) is 0 Å². The lowest BCUT2D eigenvalue weighted by molar-refractivity contribution is -0.384. The molecule has 1 heterocycles. The van der Waals surface area contributed by atoms with Crippen LogP contribution in [0.1, 0.15) is 44.6 Å². The fourth-order valence-corrected chi connectivity index (χ4v) is 3.79. The van der Waals surface area contributed by atoms with Crippen LogP contribution in [0.5, 0.6) is 0 Å². The van der Waals surface area contributed by atoms with E-state index >= 15 is 0 Å². The molecule has 9 nitrogen and oxygen atoms in total. The Morgan fingerprint density at radius 1 is 1.29 bits per heavy atom. The minimum absolute atomic E-state index is 0.0467. The molecule has 0 aromatic heterocycles. The third kappa shape index (κ3) is 3.83. The molecule has 2 fully saturated rings. The maximum absolute atomic E-state index is 12.8. The van der Waals surface area contributed by atoms with E-state index in [1.807, 2.05) is 0 Å². The van der Waals surface area contributed by atoms with Gasteiger partial charge in [-0.05, 0) is 43.9 Å². The van der Waals surface area contributed by atoms with Gasteiger partial charge in [0.05, 0.1) is 4.92 Å². The molecular formula is C19H24N4O5. The van der Waals surface area contributed by atoms with Crippen LogP contribution in [0.4, 0.5) is 10.5 Å². The molecule has 1 aromatic rings. The highest BCUT2D eigenvalue weighted by Crippen LogP contribution is 2.30. The smallest absolute Gasteiger partial charge is 0.325 e. The Balaban J connectivity index is 1.56. The molecule has 1 aromatic carbocycles. The number of imide groups is 1. The highest BCUT2D eigenvalue weighted by atomic mass is 16.6. The number of benzene rings is 1. The van der Waals surface area contributed by atoms with Gasteiger partial charge in [-0.1, -0.05) is 12.8 Å². The molecule has 1 saturated carbocycles. The lowest BCUT2D eigenvalue weighted by Crippen LogP contribution is -2.41. The SMILES string of the molecule is C[C@@]1(c2ccc([N+](=O)[O-])cc2)NC(=O)N(CCCNC(=O)C2CCCC2)C1=O. The number of amides is 4. The first-order chi connectivity index (χ1) is 13.3. The summed E-state index contributed by atoms with van der Waals surface area (Å²) in [6.45, 7) is 2.18. The molecule has 0 spiro atoms. The van der Waals surface area contributed by atoms with Crippen LogP contribution in [0.3, 0.4) is 0 Å². The average Bonchev–Trinajstić information content (AvgIpc) is 3.28. The highest BCUT2D eigenvalue weighted by Gasteiger charge is 2.48. The van der Waals surface area contributed by atoms with Crippen LogP contribution in [0.25, 0.3) is 0 Å². The van der Waals surface area contributed by atoms with Crippen molar-refractivity contribution in [1.29, 1.82) is 0 Å². The first-order valence-corrected chi connectivity index (χ1v) is 9.49. The molecule has 1 aliphatic heterocycles. The van der Waals surface area contributed by atoms with Gasteiger partial charge in [-0.15, -0.1) is 0 Å². The molecule has 4 amide bonds. The van der Waals surface area contributed by atoms with Gasteiger partial charge >= 0.3 is 6.03 Å². The monoisotopic (exact) mass is 388 g/mol. The number of nitro benzene ring substituents is 1. The summed E-state index contributed by atoms with van der Waals surface area (Å²) in [7, 11) is 0. The van der Waals surface area contributed by atoms with Crippen LogP contribution in [0, 0.1) is 16.0 Å². The zero-order valence-corrected chi connectivity index (χ0v) is 15.8. The van der Waals surface area contributed by atoms with E-state index in [4.69, 9.17) is 0 Å². The van der Waals surface area contributed by atoms with Crippen molar-refractivity contribution in [3.63, 3.8) is 0 Å².